The largest absolute Gasteiger partial charge is 0.481 e. The van der Waals surface area contributed by atoms with Crippen LogP contribution in [-0.4, -0.2) is 23.5 Å². The zero-order valence-electron chi connectivity index (χ0n) is 10.6. The Morgan fingerprint density at radius 1 is 1.22 bits per heavy atom. The minimum absolute atomic E-state index is 0.0791. The molecule has 0 spiro atoms. The Bertz CT molecular complexity index is 398. The molecule has 0 aliphatic heterocycles. The van der Waals surface area contributed by atoms with Gasteiger partial charge < -0.3 is 10.4 Å². The number of benzene rings is 1. The molecular formula is C14H19NO3. The number of amides is 1. The van der Waals surface area contributed by atoms with Crippen molar-refractivity contribution >= 4 is 11.9 Å². The Hall–Kier alpha value is -1.84. The van der Waals surface area contributed by atoms with Crippen LogP contribution in [0.4, 0.5) is 0 Å². The lowest BCUT2D eigenvalue weighted by Gasteiger charge is -2.05. The van der Waals surface area contributed by atoms with Crippen LogP contribution in [0.15, 0.2) is 24.3 Å². The molecule has 4 heteroatoms. The lowest BCUT2D eigenvalue weighted by Crippen LogP contribution is -2.24. The van der Waals surface area contributed by atoms with Gasteiger partial charge in [0.2, 0.25) is 0 Å². The highest BCUT2D eigenvalue weighted by atomic mass is 16.4. The highest BCUT2D eigenvalue weighted by Gasteiger charge is 2.05. The third kappa shape index (κ3) is 4.99. The zero-order valence-corrected chi connectivity index (χ0v) is 10.6. The molecule has 0 heterocycles. The van der Waals surface area contributed by atoms with E-state index < -0.39 is 5.97 Å². The van der Waals surface area contributed by atoms with Gasteiger partial charge in [-0.3, -0.25) is 9.59 Å². The van der Waals surface area contributed by atoms with Gasteiger partial charge in [0.1, 0.15) is 0 Å². The van der Waals surface area contributed by atoms with Gasteiger partial charge in [0.05, 0.1) is 0 Å². The molecule has 18 heavy (non-hydrogen) atoms. The molecule has 4 nitrogen and oxygen atoms in total. The summed E-state index contributed by atoms with van der Waals surface area (Å²) >= 11 is 0. The second-order valence-electron chi connectivity index (χ2n) is 4.20. The van der Waals surface area contributed by atoms with Crippen molar-refractivity contribution in [2.75, 3.05) is 6.54 Å². The van der Waals surface area contributed by atoms with Gasteiger partial charge in [-0.2, -0.15) is 0 Å². The molecular weight excluding hydrogens is 230 g/mol. The third-order valence-corrected chi connectivity index (χ3v) is 2.61. The lowest BCUT2D eigenvalue weighted by molar-refractivity contribution is -0.137. The van der Waals surface area contributed by atoms with Gasteiger partial charge in [0.25, 0.3) is 5.91 Å². The quantitative estimate of drug-likeness (QED) is 0.728. The summed E-state index contributed by atoms with van der Waals surface area (Å²) in [5, 5.41) is 11.2. The molecule has 0 atom stereocenters. The van der Waals surface area contributed by atoms with Gasteiger partial charge in [-0.25, -0.2) is 0 Å². The molecule has 0 aliphatic carbocycles. The van der Waals surface area contributed by atoms with Gasteiger partial charge in [0, 0.05) is 18.5 Å². The summed E-state index contributed by atoms with van der Waals surface area (Å²) in [6.07, 6.45) is 2.63. The molecule has 1 aromatic carbocycles. The molecule has 0 bridgehead atoms. The first-order valence-electron chi connectivity index (χ1n) is 6.22. The standard InChI is InChI=1S/C14H19NO3/c1-2-4-11-6-8-12(9-7-11)14(18)15-10-3-5-13(16)17/h6-9H,2-5,10H2,1H3,(H,15,18)(H,16,17). The van der Waals surface area contributed by atoms with Crippen LogP contribution in [-0.2, 0) is 11.2 Å². The van der Waals surface area contributed by atoms with Crippen LogP contribution in [0.5, 0.6) is 0 Å². The number of carboxylic acids is 1. The number of carbonyl (C=O) groups is 2. The van der Waals surface area contributed by atoms with E-state index >= 15 is 0 Å². The van der Waals surface area contributed by atoms with E-state index in [1.54, 1.807) is 12.1 Å². The van der Waals surface area contributed by atoms with Crippen LogP contribution in [0.25, 0.3) is 0 Å². The fourth-order valence-electron chi connectivity index (χ4n) is 1.66. The Morgan fingerprint density at radius 3 is 2.44 bits per heavy atom. The number of nitrogens with one attached hydrogen (secondary N) is 1. The lowest BCUT2D eigenvalue weighted by atomic mass is 10.1. The average Bonchev–Trinajstić information content (AvgIpc) is 2.35. The first-order chi connectivity index (χ1) is 8.63. The van der Waals surface area contributed by atoms with Gasteiger partial charge in [-0.1, -0.05) is 25.5 Å². The Kier molecular flexibility index (Phi) is 5.91. The van der Waals surface area contributed by atoms with Crippen LogP contribution in [0.2, 0.25) is 0 Å². The van der Waals surface area contributed by atoms with Crippen LogP contribution < -0.4 is 5.32 Å². The highest BCUT2D eigenvalue weighted by molar-refractivity contribution is 5.94. The summed E-state index contributed by atoms with van der Waals surface area (Å²) < 4.78 is 0. The summed E-state index contributed by atoms with van der Waals surface area (Å²) in [6, 6.07) is 7.51. The van der Waals surface area contributed by atoms with Crippen molar-refractivity contribution in [1.82, 2.24) is 5.32 Å². The SMILES string of the molecule is CCCc1ccc(C(=O)NCCCC(=O)O)cc1. The van der Waals surface area contributed by atoms with Crippen LogP contribution >= 0.6 is 0 Å². The van der Waals surface area contributed by atoms with Crippen molar-refractivity contribution in [2.24, 2.45) is 0 Å². The molecule has 2 N–H and O–H groups in total. The Morgan fingerprint density at radius 2 is 1.89 bits per heavy atom. The summed E-state index contributed by atoms with van der Waals surface area (Å²) in [5.41, 5.74) is 1.84. The molecule has 0 saturated heterocycles. The van der Waals surface area contributed by atoms with Crippen molar-refractivity contribution in [3.63, 3.8) is 0 Å². The van der Waals surface area contributed by atoms with Crippen molar-refractivity contribution in [3.05, 3.63) is 35.4 Å². The fraction of sp³-hybridized carbons (Fsp3) is 0.429. The van der Waals surface area contributed by atoms with Gasteiger partial charge >= 0.3 is 5.97 Å². The predicted octanol–water partition coefficient (Wildman–Crippen LogP) is 2.23. The second-order valence-corrected chi connectivity index (χ2v) is 4.20. The molecule has 1 aromatic rings. The number of carbonyl (C=O) groups excluding carboxylic acids is 1. The topological polar surface area (TPSA) is 66.4 Å². The van der Waals surface area contributed by atoms with Crippen molar-refractivity contribution in [1.29, 1.82) is 0 Å². The Labute approximate surface area is 107 Å². The molecule has 1 amide bonds. The second kappa shape index (κ2) is 7.48. The number of rotatable bonds is 7. The molecule has 0 unspecified atom stereocenters. The smallest absolute Gasteiger partial charge is 0.303 e. The molecule has 0 aromatic heterocycles. The number of hydrogen-bond donors (Lipinski definition) is 2. The van der Waals surface area contributed by atoms with Gasteiger partial charge in [0.15, 0.2) is 0 Å². The maximum atomic E-state index is 11.7. The van der Waals surface area contributed by atoms with Crippen LogP contribution in [0.1, 0.15) is 42.1 Å². The van der Waals surface area contributed by atoms with E-state index in [1.807, 2.05) is 12.1 Å². The maximum absolute atomic E-state index is 11.7. The molecule has 0 saturated carbocycles. The van der Waals surface area contributed by atoms with Crippen LogP contribution in [0, 0.1) is 0 Å². The monoisotopic (exact) mass is 249 g/mol. The summed E-state index contributed by atoms with van der Waals surface area (Å²) in [7, 11) is 0. The third-order valence-electron chi connectivity index (χ3n) is 2.61. The van der Waals surface area contributed by atoms with Gasteiger partial charge in [-0.15, -0.1) is 0 Å². The number of hydrogen-bond acceptors (Lipinski definition) is 2. The van der Waals surface area contributed by atoms with Crippen molar-refractivity contribution < 1.29 is 14.7 Å². The van der Waals surface area contributed by atoms with E-state index in [4.69, 9.17) is 5.11 Å². The van der Waals surface area contributed by atoms with E-state index in [9.17, 15) is 9.59 Å². The number of aliphatic carboxylic acids is 1. The molecule has 98 valence electrons. The fourth-order valence-corrected chi connectivity index (χ4v) is 1.66. The highest BCUT2D eigenvalue weighted by Crippen LogP contribution is 2.06. The summed E-state index contributed by atoms with van der Waals surface area (Å²) in [4.78, 5) is 22.0. The first-order valence-corrected chi connectivity index (χ1v) is 6.22. The van der Waals surface area contributed by atoms with Crippen LogP contribution in [0.3, 0.4) is 0 Å². The minimum atomic E-state index is -0.840. The number of aryl methyl sites for hydroxylation is 1. The van der Waals surface area contributed by atoms with E-state index in [2.05, 4.69) is 12.2 Å². The molecule has 0 aliphatic rings. The predicted molar refractivity (Wildman–Crippen MR) is 69.6 cm³/mol. The molecule has 1 rings (SSSR count). The average molecular weight is 249 g/mol. The molecule has 0 radical (unpaired) electrons. The summed E-state index contributed by atoms with van der Waals surface area (Å²) in [6.45, 7) is 2.50. The van der Waals surface area contributed by atoms with E-state index in [-0.39, 0.29) is 12.3 Å². The van der Waals surface area contributed by atoms with E-state index in [1.165, 1.54) is 5.56 Å². The summed E-state index contributed by atoms with van der Waals surface area (Å²) in [5.74, 6) is -0.989. The van der Waals surface area contributed by atoms with E-state index in [0.717, 1.165) is 12.8 Å². The van der Waals surface area contributed by atoms with Crippen molar-refractivity contribution in [2.45, 2.75) is 32.6 Å². The minimum Gasteiger partial charge on any atom is -0.481 e. The maximum Gasteiger partial charge on any atom is 0.303 e. The Balaban J connectivity index is 2.39. The first kappa shape index (κ1) is 14.2. The van der Waals surface area contributed by atoms with E-state index in [0.29, 0.717) is 18.5 Å². The molecule has 0 fully saturated rings. The number of carboxylic acid groups (broad SMARTS) is 1. The van der Waals surface area contributed by atoms with Gasteiger partial charge in [-0.05, 0) is 30.5 Å². The zero-order chi connectivity index (χ0) is 13.4. The van der Waals surface area contributed by atoms with Crippen molar-refractivity contribution in [3.8, 4) is 0 Å². The normalized spacial score (nSPS) is 10.1.